The number of hydrogen-bond donors (Lipinski definition) is 1. The molecular weight excluding hydrogens is 584 g/mol. The number of nitrogens with one attached hydrogen (secondary N) is 1. The molecule has 6 rings (SSSR count). The zero-order chi connectivity index (χ0) is 27.5. The van der Waals surface area contributed by atoms with Gasteiger partial charge < -0.3 is 14.8 Å². The van der Waals surface area contributed by atoms with Crippen molar-refractivity contribution >= 4 is 45.1 Å². The number of rotatable bonds is 8. The van der Waals surface area contributed by atoms with E-state index in [9.17, 15) is 0 Å². The van der Waals surface area contributed by atoms with Gasteiger partial charge in [-0.25, -0.2) is 0 Å². The molecule has 4 aromatic rings. The third-order valence-electron chi connectivity index (χ3n) is 7.52. The van der Waals surface area contributed by atoms with Gasteiger partial charge in [0.2, 0.25) is 0 Å². The SMILES string of the molecule is CCOc1cc(C=Nc2ccc([C@@H]3Nc4ccccc4[C@H]4C=CC[C@H]43)cc2)cc(Cl)c1OCc1ccc(Br)cc1. The Labute approximate surface area is 248 Å². The first kappa shape index (κ1) is 26.7. The van der Waals surface area contributed by atoms with Gasteiger partial charge in [0.25, 0.3) is 0 Å². The summed E-state index contributed by atoms with van der Waals surface area (Å²) in [5.41, 5.74) is 6.68. The Morgan fingerprint density at radius 3 is 2.60 bits per heavy atom. The van der Waals surface area contributed by atoms with Crippen LogP contribution in [0.5, 0.6) is 11.5 Å². The van der Waals surface area contributed by atoms with Crippen LogP contribution in [0.1, 0.15) is 47.6 Å². The van der Waals surface area contributed by atoms with Gasteiger partial charge in [-0.3, -0.25) is 4.99 Å². The van der Waals surface area contributed by atoms with E-state index < -0.39 is 0 Å². The van der Waals surface area contributed by atoms with Gasteiger partial charge in [0.15, 0.2) is 11.5 Å². The molecule has 4 nitrogen and oxygen atoms in total. The Bertz CT molecular complexity index is 1550. The van der Waals surface area contributed by atoms with Crippen LogP contribution in [0.4, 0.5) is 11.4 Å². The van der Waals surface area contributed by atoms with Crippen LogP contribution in [0, 0.1) is 5.92 Å². The quantitative estimate of drug-likeness (QED) is 0.159. The van der Waals surface area contributed by atoms with Crippen molar-refractivity contribution in [3.05, 3.63) is 129 Å². The number of nitrogens with zero attached hydrogens (tertiary/aromatic N) is 1. The van der Waals surface area contributed by atoms with Crippen molar-refractivity contribution in [1.29, 1.82) is 0 Å². The smallest absolute Gasteiger partial charge is 0.180 e. The normalized spacial score (nSPS) is 19.2. The van der Waals surface area contributed by atoms with Crippen molar-refractivity contribution in [2.45, 2.75) is 31.9 Å². The summed E-state index contributed by atoms with van der Waals surface area (Å²) in [5, 5.41) is 4.28. The monoisotopic (exact) mass is 612 g/mol. The maximum atomic E-state index is 6.64. The molecule has 3 atom stereocenters. The molecule has 0 saturated heterocycles. The number of anilines is 1. The van der Waals surface area contributed by atoms with Crippen molar-refractivity contribution in [1.82, 2.24) is 0 Å². The molecule has 1 heterocycles. The second-order valence-electron chi connectivity index (χ2n) is 10.1. The highest BCUT2D eigenvalue weighted by Gasteiger charge is 2.37. The second-order valence-corrected chi connectivity index (χ2v) is 11.4. The van der Waals surface area contributed by atoms with E-state index in [4.69, 9.17) is 26.1 Å². The lowest BCUT2D eigenvalue weighted by atomic mass is 9.77. The lowest BCUT2D eigenvalue weighted by Crippen LogP contribution is -2.28. The minimum atomic E-state index is 0.269. The van der Waals surface area contributed by atoms with Crippen molar-refractivity contribution in [3.8, 4) is 11.5 Å². The van der Waals surface area contributed by atoms with E-state index in [1.54, 1.807) is 0 Å². The summed E-state index contributed by atoms with van der Waals surface area (Å²) in [5.74, 6) is 2.13. The van der Waals surface area contributed by atoms with Crippen LogP contribution in [0.25, 0.3) is 0 Å². The number of halogens is 2. The zero-order valence-electron chi connectivity index (χ0n) is 22.2. The van der Waals surface area contributed by atoms with Crippen LogP contribution in [0.3, 0.4) is 0 Å². The molecule has 0 amide bonds. The molecule has 0 aromatic heterocycles. The number of benzene rings is 4. The topological polar surface area (TPSA) is 42.8 Å². The van der Waals surface area contributed by atoms with E-state index >= 15 is 0 Å². The van der Waals surface area contributed by atoms with Gasteiger partial charge in [0, 0.05) is 22.3 Å². The van der Waals surface area contributed by atoms with Gasteiger partial charge in [-0.1, -0.05) is 82.1 Å². The van der Waals surface area contributed by atoms with Gasteiger partial charge in [-0.2, -0.15) is 0 Å². The van der Waals surface area contributed by atoms with Crippen molar-refractivity contribution in [2.24, 2.45) is 10.9 Å². The Balaban J connectivity index is 1.17. The molecule has 1 aliphatic carbocycles. The Morgan fingerprint density at radius 2 is 1.80 bits per heavy atom. The largest absolute Gasteiger partial charge is 0.490 e. The minimum Gasteiger partial charge on any atom is -0.490 e. The minimum absolute atomic E-state index is 0.269. The first-order valence-electron chi connectivity index (χ1n) is 13.6. The summed E-state index contributed by atoms with van der Waals surface area (Å²) < 4.78 is 13.0. The molecule has 0 unspecified atom stereocenters. The van der Waals surface area contributed by atoms with E-state index in [-0.39, 0.29) is 6.04 Å². The van der Waals surface area contributed by atoms with Crippen molar-refractivity contribution < 1.29 is 9.47 Å². The van der Waals surface area contributed by atoms with E-state index in [0.29, 0.717) is 41.6 Å². The van der Waals surface area contributed by atoms with Crippen molar-refractivity contribution in [3.63, 3.8) is 0 Å². The summed E-state index contributed by atoms with van der Waals surface area (Å²) in [6.45, 7) is 2.84. The van der Waals surface area contributed by atoms with Crippen molar-refractivity contribution in [2.75, 3.05) is 11.9 Å². The predicted molar refractivity (Wildman–Crippen MR) is 168 cm³/mol. The number of ether oxygens (including phenoxy) is 2. The lowest BCUT2D eigenvalue weighted by Gasteiger charge is -2.37. The molecule has 2 aliphatic rings. The molecular formula is C34H30BrClN2O2. The number of fused-ring (bicyclic) bond motifs is 3. The van der Waals surface area contributed by atoms with Crippen LogP contribution < -0.4 is 14.8 Å². The molecule has 202 valence electrons. The molecule has 0 radical (unpaired) electrons. The molecule has 0 spiro atoms. The third-order valence-corrected chi connectivity index (χ3v) is 8.32. The van der Waals surface area contributed by atoms with Gasteiger partial charge >= 0.3 is 0 Å². The van der Waals surface area contributed by atoms with Crippen LogP contribution in [-0.4, -0.2) is 12.8 Å². The first-order chi connectivity index (χ1) is 19.6. The Hall–Kier alpha value is -3.54. The second kappa shape index (κ2) is 11.9. The maximum Gasteiger partial charge on any atom is 0.180 e. The molecule has 0 saturated carbocycles. The molecule has 40 heavy (non-hydrogen) atoms. The fraction of sp³-hybridized carbons (Fsp3) is 0.206. The molecule has 1 N–H and O–H groups in total. The maximum absolute atomic E-state index is 6.64. The first-order valence-corrected chi connectivity index (χ1v) is 14.8. The van der Waals surface area contributed by atoms with Crippen LogP contribution in [0.15, 0.2) is 107 Å². The van der Waals surface area contributed by atoms with E-state index in [0.717, 1.165) is 27.7 Å². The van der Waals surface area contributed by atoms with E-state index in [1.165, 1.54) is 16.8 Å². The Kier molecular flexibility index (Phi) is 7.94. The lowest BCUT2D eigenvalue weighted by molar-refractivity contribution is 0.269. The summed E-state index contributed by atoms with van der Waals surface area (Å²) in [6.07, 6.45) is 7.59. The molecule has 1 aliphatic heterocycles. The molecule has 6 heteroatoms. The number of hydrogen-bond acceptors (Lipinski definition) is 4. The fourth-order valence-corrected chi connectivity index (χ4v) is 6.13. The average molecular weight is 614 g/mol. The number of allylic oxidation sites excluding steroid dienone is 2. The standard InChI is InChI=1S/C34H30BrClN2O2/c1-2-39-32-19-23(18-30(36)34(32)40-21-22-10-14-25(35)15-11-22)20-37-26-16-12-24(13-17-26)33-29-8-5-7-27(29)28-6-3-4-9-31(28)38-33/h3-7,9-20,27,29,33,38H,2,8,21H2,1H3/t27-,29-,33+/m1/s1. The van der Waals surface area contributed by atoms with Crippen LogP contribution >= 0.6 is 27.5 Å². The molecule has 4 aromatic carbocycles. The van der Waals surface area contributed by atoms with E-state index in [1.807, 2.05) is 49.5 Å². The summed E-state index contributed by atoms with van der Waals surface area (Å²) in [4.78, 5) is 4.72. The van der Waals surface area contributed by atoms with Gasteiger partial charge in [0.1, 0.15) is 6.61 Å². The highest BCUT2D eigenvalue weighted by Crippen LogP contribution is 2.49. The highest BCUT2D eigenvalue weighted by atomic mass is 79.9. The average Bonchev–Trinajstić information content (AvgIpc) is 3.47. The summed E-state index contributed by atoms with van der Waals surface area (Å²) in [6, 6.07) is 29.2. The Morgan fingerprint density at radius 1 is 1.00 bits per heavy atom. The summed E-state index contributed by atoms with van der Waals surface area (Å²) in [7, 11) is 0. The third kappa shape index (κ3) is 5.67. The van der Waals surface area contributed by atoms with Crippen LogP contribution in [0.2, 0.25) is 5.02 Å². The van der Waals surface area contributed by atoms with Crippen LogP contribution in [-0.2, 0) is 6.61 Å². The van der Waals surface area contributed by atoms with E-state index in [2.05, 4.69) is 81.9 Å². The number of para-hydroxylation sites is 1. The fourth-order valence-electron chi connectivity index (χ4n) is 5.59. The van der Waals surface area contributed by atoms with Gasteiger partial charge in [0.05, 0.1) is 23.4 Å². The summed E-state index contributed by atoms with van der Waals surface area (Å²) >= 11 is 10.1. The highest BCUT2D eigenvalue weighted by molar-refractivity contribution is 9.10. The number of aliphatic imine (C=N–C) groups is 1. The molecule has 0 fully saturated rings. The predicted octanol–water partition coefficient (Wildman–Crippen LogP) is 9.66. The van der Waals surface area contributed by atoms with Gasteiger partial charge in [-0.05, 0) is 84.0 Å². The van der Waals surface area contributed by atoms with Gasteiger partial charge in [-0.15, -0.1) is 0 Å². The zero-order valence-corrected chi connectivity index (χ0v) is 24.5. The molecule has 0 bridgehead atoms.